The van der Waals surface area contributed by atoms with Crippen molar-refractivity contribution in [2.45, 2.75) is 32.5 Å². The summed E-state index contributed by atoms with van der Waals surface area (Å²) in [6.45, 7) is 4.33. The van der Waals surface area contributed by atoms with Crippen molar-refractivity contribution in [3.8, 4) is 5.75 Å². The van der Waals surface area contributed by atoms with E-state index in [1.54, 1.807) is 20.8 Å². The molecule has 0 fully saturated rings. The van der Waals surface area contributed by atoms with Crippen molar-refractivity contribution in [3.05, 3.63) is 41.7 Å². The van der Waals surface area contributed by atoms with E-state index in [0.29, 0.717) is 0 Å². The Labute approximate surface area is 137 Å². The van der Waals surface area contributed by atoms with Gasteiger partial charge in [-0.1, -0.05) is 6.07 Å². The van der Waals surface area contributed by atoms with Gasteiger partial charge < -0.3 is 14.8 Å². The third-order valence-electron chi connectivity index (χ3n) is 2.52. The zero-order valence-corrected chi connectivity index (χ0v) is 13.5. The Bertz CT molecular complexity index is 592. The van der Waals surface area contributed by atoms with Gasteiger partial charge in [-0.2, -0.15) is 13.2 Å². The van der Waals surface area contributed by atoms with Gasteiger partial charge in [0, 0.05) is 0 Å². The lowest BCUT2D eigenvalue weighted by molar-refractivity contribution is -0.137. The standard InChI is InChI=1S/C16H19F4NO3/c1-15(2,3)24-14(22)21-10-12(17)7-8-23-13-6-4-5-11(9-13)16(18,19)20/h4-7,9H,8,10H2,1-3H3,(H,21,22)/b12-7-. The summed E-state index contributed by atoms with van der Waals surface area (Å²) in [5, 5.41) is 2.21. The summed E-state index contributed by atoms with van der Waals surface area (Å²) in [7, 11) is 0. The fraction of sp³-hybridized carbons (Fsp3) is 0.438. The highest BCUT2D eigenvalue weighted by atomic mass is 19.4. The topological polar surface area (TPSA) is 47.6 Å². The van der Waals surface area contributed by atoms with Crippen LogP contribution in [0.1, 0.15) is 26.3 Å². The van der Waals surface area contributed by atoms with E-state index >= 15 is 0 Å². The number of carbonyl (C=O) groups excluding carboxylic acids is 1. The van der Waals surface area contributed by atoms with Gasteiger partial charge in [-0.25, -0.2) is 9.18 Å². The Hall–Kier alpha value is -2.25. The molecule has 0 heterocycles. The summed E-state index contributed by atoms with van der Waals surface area (Å²) in [4.78, 5) is 11.3. The van der Waals surface area contributed by atoms with Crippen LogP contribution in [0.4, 0.5) is 22.4 Å². The van der Waals surface area contributed by atoms with Crippen LogP contribution in [0.2, 0.25) is 0 Å². The number of alkyl halides is 3. The number of hydrogen-bond acceptors (Lipinski definition) is 3. The Morgan fingerprint density at radius 2 is 1.92 bits per heavy atom. The molecule has 134 valence electrons. The van der Waals surface area contributed by atoms with E-state index < -0.39 is 35.8 Å². The van der Waals surface area contributed by atoms with Gasteiger partial charge in [0.25, 0.3) is 0 Å². The number of rotatable bonds is 5. The Morgan fingerprint density at radius 1 is 1.25 bits per heavy atom. The molecule has 0 radical (unpaired) electrons. The fourth-order valence-electron chi connectivity index (χ4n) is 1.53. The first-order valence-corrected chi connectivity index (χ1v) is 7.09. The van der Waals surface area contributed by atoms with Gasteiger partial charge in [0.15, 0.2) is 0 Å². The molecule has 0 aromatic heterocycles. The van der Waals surface area contributed by atoms with Gasteiger partial charge >= 0.3 is 12.3 Å². The molecule has 0 unspecified atom stereocenters. The second-order valence-electron chi connectivity index (χ2n) is 5.84. The van der Waals surface area contributed by atoms with Crippen LogP contribution in [0.15, 0.2) is 36.2 Å². The third kappa shape index (κ3) is 7.85. The van der Waals surface area contributed by atoms with Gasteiger partial charge in [-0.3, -0.25) is 0 Å². The maximum Gasteiger partial charge on any atom is 0.416 e. The van der Waals surface area contributed by atoms with Crippen LogP contribution in [0.5, 0.6) is 5.75 Å². The van der Waals surface area contributed by atoms with Crippen LogP contribution < -0.4 is 10.1 Å². The molecule has 4 nitrogen and oxygen atoms in total. The van der Waals surface area contributed by atoms with E-state index in [1.807, 2.05) is 0 Å². The maximum absolute atomic E-state index is 13.5. The second-order valence-corrected chi connectivity index (χ2v) is 5.84. The van der Waals surface area contributed by atoms with Gasteiger partial charge in [0.05, 0.1) is 12.1 Å². The molecule has 0 atom stereocenters. The van der Waals surface area contributed by atoms with Crippen LogP contribution in [0.25, 0.3) is 0 Å². The smallest absolute Gasteiger partial charge is 0.416 e. The second kappa shape index (κ2) is 8.03. The predicted molar refractivity (Wildman–Crippen MR) is 80.4 cm³/mol. The van der Waals surface area contributed by atoms with E-state index in [1.165, 1.54) is 12.1 Å². The molecule has 1 N–H and O–H groups in total. The Morgan fingerprint density at radius 3 is 2.50 bits per heavy atom. The van der Waals surface area contributed by atoms with E-state index in [0.717, 1.165) is 18.2 Å². The SMILES string of the molecule is CC(C)(C)OC(=O)NC/C(F)=C/COc1cccc(C(F)(F)F)c1. The zero-order chi connectivity index (χ0) is 18.4. The average molecular weight is 349 g/mol. The molecule has 0 saturated heterocycles. The molecule has 1 amide bonds. The van der Waals surface area contributed by atoms with E-state index in [2.05, 4.69) is 5.32 Å². The fourth-order valence-corrected chi connectivity index (χ4v) is 1.53. The molecule has 0 spiro atoms. The number of nitrogens with one attached hydrogen (secondary N) is 1. The highest BCUT2D eigenvalue weighted by Gasteiger charge is 2.30. The van der Waals surface area contributed by atoms with Gasteiger partial charge in [-0.15, -0.1) is 0 Å². The van der Waals surface area contributed by atoms with Crippen LogP contribution in [0, 0.1) is 0 Å². The summed E-state index contributed by atoms with van der Waals surface area (Å²) in [6, 6.07) is 4.26. The van der Waals surface area contributed by atoms with Gasteiger partial charge in [-0.05, 0) is 45.0 Å². The zero-order valence-electron chi connectivity index (χ0n) is 13.5. The minimum atomic E-state index is -4.47. The molecule has 8 heteroatoms. The van der Waals surface area contributed by atoms with Crippen molar-refractivity contribution in [1.29, 1.82) is 0 Å². The third-order valence-corrected chi connectivity index (χ3v) is 2.52. The van der Waals surface area contributed by atoms with Crippen molar-refractivity contribution in [2.24, 2.45) is 0 Å². The lowest BCUT2D eigenvalue weighted by atomic mass is 10.2. The first-order valence-electron chi connectivity index (χ1n) is 7.09. The maximum atomic E-state index is 13.5. The summed E-state index contributed by atoms with van der Waals surface area (Å²) in [5.41, 5.74) is -1.55. The molecule has 0 aliphatic rings. The van der Waals surface area contributed by atoms with E-state index in [-0.39, 0.29) is 12.4 Å². The summed E-state index contributed by atoms with van der Waals surface area (Å²) in [5.74, 6) is -0.734. The van der Waals surface area contributed by atoms with E-state index in [9.17, 15) is 22.4 Å². The van der Waals surface area contributed by atoms with Crippen LogP contribution in [0.3, 0.4) is 0 Å². The molecule has 0 saturated carbocycles. The highest BCUT2D eigenvalue weighted by Crippen LogP contribution is 2.31. The molecule has 1 rings (SSSR count). The van der Waals surface area contributed by atoms with Crippen molar-refractivity contribution in [1.82, 2.24) is 5.32 Å². The largest absolute Gasteiger partial charge is 0.489 e. The first-order chi connectivity index (χ1) is 11.0. The van der Waals surface area contributed by atoms with Crippen molar-refractivity contribution >= 4 is 6.09 Å². The molecular formula is C16H19F4NO3. The monoisotopic (exact) mass is 349 g/mol. The van der Waals surface area contributed by atoms with Gasteiger partial charge in [0.2, 0.25) is 0 Å². The Kier molecular flexibility index (Phi) is 6.62. The minimum Gasteiger partial charge on any atom is -0.489 e. The first kappa shape index (κ1) is 19.8. The lowest BCUT2D eigenvalue weighted by Gasteiger charge is -2.19. The van der Waals surface area contributed by atoms with Crippen LogP contribution in [-0.4, -0.2) is 24.8 Å². The molecule has 0 bridgehead atoms. The van der Waals surface area contributed by atoms with Gasteiger partial charge in [0.1, 0.15) is 23.8 Å². The molecular weight excluding hydrogens is 330 g/mol. The number of halogens is 4. The molecule has 1 aromatic carbocycles. The number of amides is 1. The van der Waals surface area contributed by atoms with E-state index in [4.69, 9.17) is 9.47 Å². The normalized spacial score (nSPS) is 12.7. The quantitative estimate of drug-likeness (QED) is 0.798. The number of carbonyl (C=O) groups is 1. The number of benzene rings is 1. The highest BCUT2D eigenvalue weighted by molar-refractivity contribution is 5.67. The summed E-state index contributed by atoms with van der Waals surface area (Å²) >= 11 is 0. The average Bonchev–Trinajstić information content (AvgIpc) is 2.43. The number of hydrogen-bond donors (Lipinski definition) is 1. The van der Waals surface area contributed by atoms with Crippen molar-refractivity contribution < 1.29 is 31.8 Å². The van der Waals surface area contributed by atoms with Crippen LogP contribution >= 0.6 is 0 Å². The summed E-state index contributed by atoms with van der Waals surface area (Å²) < 4.78 is 61.1. The molecule has 1 aromatic rings. The lowest BCUT2D eigenvalue weighted by Crippen LogP contribution is -2.33. The van der Waals surface area contributed by atoms with Crippen molar-refractivity contribution in [3.63, 3.8) is 0 Å². The van der Waals surface area contributed by atoms with Crippen LogP contribution in [-0.2, 0) is 10.9 Å². The van der Waals surface area contributed by atoms with Crippen molar-refractivity contribution in [2.75, 3.05) is 13.2 Å². The summed E-state index contributed by atoms with van der Waals surface area (Å²) in [6.07, 6.45) is -4.24. The predicted octanol–water partition coefficient (Wildman–Crippen LogP) is 4.46. The molecule has 0 aliphatic heterocycles. The minimum absolute atomic E-state index is 0.0334. The Balaban J connectivity index is 2.45. The number of alkyl carbamates (subject to hydrolysis) is 1. The molecule has 0 aliphatic carbocycles. The molecule has 24 heavy (non-hydrogen) atoms. The number of ether oxygens (including phenoxy) is 2.